The molecular weight excluding hydrogens is 342 g/mol. The minimum atomic E-state index is 0.0605. The van der Waals surface area contributed by atoms with Crippen molar-refractivity contribution in [3.8, 4) is 11.4 Å². The minimum absolute atomic E-state index is 0.0605. The predicted molar refractivity (Wildman–Crippen MR) is 102 cm³/mol. The van der Waals surface area contributed by atoms with Crippen molar-refractivity contribution < 1.29 is 9.47 Å². The summed E-state index contributed by atoms with van der Waals surface area (Å²) in [5.74, 6) is 0.928. The van der Waals surface area contributed by atoms with E-state index in [2.05, 4.69) is 51.1 Å². The van der Waals surface area contributed by atoms with Crippen LogP contribution < -0.4 is 4.90 Å². The average molecular weight is 367 g/mol. The Morgan fingerprint density at radius 1 is 1.33 bits per heavy atom. The van der Waals surface area contributed by atoms with Crippen molar-refractivity contribution in [1.29, 1.82) is 0 Å². The highest BCUT2D eigenvalue weighted by molar-refractivity contribution is 5.69. The zero-order valence-electron chi connectivity index (χ0n) is 15.8. The van der Waals surface area contributed by atoms with Gasteiger partial charge in [-0.2, -0.15) is 5.10 Å². The summed E-state index contributed by atoms with van der Waals surface area (Å²) >= 11 is 0. The van der Waals surface area contributed by atoms with Gasteiger partial charge in [0, 0.05) is 24.6 Å². The van der Waals surface area contributed by atoms with Gasteiger partial charge in [0.1, 0.15) is 17.8 Å². The Bertz CT molecular complexity index is 873. The molecule has 1 saturated heterocycles. The summed E-state index contributed by atoms with van der Waals surface area (Å²) in [6.07, 6.45) is 9.06. The number of ether oxygens (including phenoxy) is 2. The van der Waals surface area contributed by atoms with Crippen molar-refractivity contribution in [2.45, 2.75) is 50.9 Å². The molecule has 7 heteroatoms. The normalized spacial score (nSPS) is 26.1. The lowest BCUT2D eigenvalue weighted by atomic mass is 9.98. The highest BCUT2D eigenvalue weighted by atomic mass is 16.5. The van der Waals surface area contributed by atoms with Crippen LogP contribution in [0.3, 0.4) is 0 Å². The highest BCUT2D eigenvalue weighted by Gasteiger charge is 2.41. The molecule has 1 saturated carbocycles. The van der Waals surface area contributed by atoms with Gasteiger partial charge in [0.05, 0.1) is 42.3 Å². The van der Waals surface area contributed by atoms with Crippen molar-refractivity contribution in [3.63, 3.8) is 0 Å². The molecule has 0 bridgehead atoms. The maximum Gasteiger partial charge on any atom is 0.133 e. The average Bonchev–Trinajstić information content (AvgIpc) is 3.25. The van der Waals surface area contributed by atoms with E-state index in [4.69, 9.17) is 9.47 Å². The van der Waals surface area contributed by atoms with Crippen LogP contribution in [0.25, 0.3) is 17.5 Å². The summed E-state index contributed by atoms with van der Waals surface area (Å²) in [4.78, 5) is 11.3. The third-order valence-corrected chi connectivity index (χ3v) is 5.73. The molecule has 3 aliphatic rings. The van der Waals surface area contributed by atoms with Gasteiger partial charge in [0.25, 0.3) is 0 Å². The predicted octanol–water partition coefficient (Wildman–Crippen LogP) is 2.60. The minimum Gasteiger partial charge on any atom is -0.377 e. The van der Waals surface area contributed by atoms with Crippen LogP contribution in [0.1, 0.15) is 37.9 Å². The quantitative estimate of drug-likeness (QED) is 0.895. The van der Waals surface area contributed by atoms with Crippen LogP contribution in [0.4, 0.5) is 5.82 Å². The third-order valence-electron chi connectivity index (χ3n) is 5.73. The van der Waals surface area contributed by atoms with Gasteiger partial charge in [0.15, 0.2) is 0 Å². The summed E-state index contributed by atoms with van der Waals surface area (Å²) in [6.45, 7) is 6.63. The second-order valence-electron chi connectivity index (χ2n) is 8.01. The van der Waals surface area contributed by atoms with Crippen LogP contribution in [0.5, 0.6) is 0 Å². The number of fused-ring (bicyclic) bond motifs is 1. The molecule has 1 N–H and O–H groups in total. The Balaban J connectivity index is 1.42. The first kappa shape index (κ1) is 16.9. The van der Waals surface area contributed by atoms with E-state index in [-0.39, 0.29) is 11.7 Å². The SMILES string of the molecule is CC1COCCN1c1cc(-c2n[nH]c3c2CC(OC2(C)CC2)C=C3)ncn1. The van der Waals surface area contributed by atoms with E-state index in [0.717, 1.165) is 61.9 Å². The molecule has 2 aromatic heterocycles. The Hall–Kier alpha value is -2.25. The molecular formula is C20H25N5O2. The number of nitrogens with one attached hydrogen (secondary N) is 1. The molecule has 27 heavy (non-hydrogen) atoms. The maximum absolute atomic E-state index is 6.26. The summed E-state index contributed by atoms with van der Waals surface area (Å²) < 4.78 is 11.8. The largest absolute Gasteiger partial charge is 0.377 e. The monoisotopic (exact) mass is 367 g/mol. The van der Waals surface area contributed by atoms with E-state index in [9.17, 15) is 0 Å². The molecule has 2 aromatic rings. The lowest BCUT2D eigenvalue weighted by Gasteiger charge is -2.34. The number of nitrogens with zero attached hydrogens (tertiary/aromatic N) is 4. The number of hydrogen-bond acceptors (Lipinski definition) is 6. The lowest BCUT2D eigenvalue weighted by molar-refractivity contribution is 0.00641. The summed E-state index contributed by atoms with van der Waals surface area (Å²) in [5, 5.41) is 7.70. The smallest absolute Gasteiger partial charge is 0.133 e. The number of rotatable bonds is 4. The van der Waals surface area contributed by atoms with Crippen LogP contribution in [-0.4, -0.2) is 57.7 Å². The van der Waals surface area contributed by atoms with E-state index in [1.807, 2.05) is 6.07 Å². The van der Waals surface area contributed by atoms with Gasteiger partial charge in [-0.05, 0) is 32.8 Å². The van der Waals surface area contributed by atoms with Crippen molar-refractivity contribution in [3.05, 3.63) is 29.7 Å². The van der Waals surface area contributed by atoms with Gasteiger partial charge in [-0.1, -0.05) is 6.08 Å². The molecule has 2 fully saturated rings. The van der Waals surface area contributed by atoms with Crippen LogP contribution in [0.15, 0.2) is 18.5 Å². The zero-order valence-corrected chi connectivity index (χ0v) is 15.8. The molecule has 0 aromatic carbocycles. The van der Waals surface area contributed by atoms with E-state index < -0.39 is 0 Å². The molecule has 142 valence electrons. The zero-order chi connectivity index (χ0) is 18.4. The second kappa shape index (κ2) is 6.42. The molecule has 0 radical (unpaired) electrons. The molecule has 2 aliphatic carbocycles. The highest BCUT2D eigenvalue weighted by Crippen LogP contribution is 2.41. The number of H-pyrrole nitrogens is 1. The van der Waals surface area contributed by atoms with E-state index in [1.54, 1.807) is 6.33 Å². The lowest BCUT2D eigenvalue weighted by Crippen LogP contribution is -2.44. The Kier molecular flexibility index (Phi) is 4.02. The number of aromatic nitrogens is 4. The molecule has 0 amide bonds. The number of hydrogen-bond donors (Lipinski definition) is 1. The third kappa shape index (κ3) is 3.26. The van der Waals surface area contributed by atoms with E-state index in [1.165, 1.54) is 5.56 Å². The molecule has 3 heterocycles. The molecule has 5 rings (SSSR count). The fraction of sp³-hybridized carbons (Fsp3) is 0.550. The van der Waals surface area contributed by atoms with Gasteiger partial charge in [0.2, 0.25) is 0 Å². The first-order chi connectivity index (χ1) is 13.1. The molecule has 2 atom stereocenters. The maximum atomic E-state index is 6.26. The van der Waals surface area contributed by atoms with Crippen molar-refractivity contribution >= 4 is 11.9 Å². The van der Waals surface area contributed by atoms with E-state index in [0.29, 0.717) is 6.04 Å². The first-order valence-corrected chi connectivity index (χ1v) is 9.71. The molecule has 1 aliphatic heterocycles. The van der Waals surface area contributed by atoms with Crippen LogP contribution in [-0.2, 0) is 15.9 Å². The van der Waals surface area contributed by atoms with Gasteiger partial charge < -0.3 is 14.4 Å². The van der Waals surface area contributed by atoms with Gasteiger partial charge in [-0.3, -0.25) is 5.10 Å². The number of morpholine rings is 1. The topological polar surface area (TPSA) is 76.2 Å². The summed E-state index contributed by atoms with van der Waals surface area (Å²) in [6, 6.07) is 2.34. The molecule has 0 spiro atoms. The fourth-order valence-electron chi connectivity index (χ4n) is 3.85. The van der Waals surface area contributed by atoms with Crippen molar-refractivity contribution in [2.75, 3.05) is 24.7 Å². The Morgan fingerprint density at radius 3 is 3.04 bits per heavy atom. The van der Waals surface area contributed by atoms with Crippen LogP contribution in [0.2, 0.25) is 0 Å². The van der Waals surface area contributed by atoms with E-state index >= 15 is 0 Å². The number of anilines is 1. The van der Waals surface area contributed by atoms with Crippen molar-refractivity contribution in [1.82, 2.24) is 20.2 Å². The second-order valence-corrected chi connectivity index (χ2v) is 8.01. The number of aromatic amines is 1. The summed E-state index contributed by atoms with van der Waals surface area (Å²) in [7, 11) is 0. The molecule has 2 unspecified atom stereocenters. The Morgan fingerprint density at radius 2 is 2.22 bits per heavy atom. The first-order valence-electron chi connectivity index (χ1n) is 9.71. The van der Waals surface area contributed by atoms with Gasteiger partial charge in [-0.25, -0.2) is 9.97 Å². The summed E-state index contributed by atoms with van der Waals surface area (Å²) in [5.41, 5.74) is 4.03. The van der Waals surface area contributed by atoms with Gasteiger partial charge >= 0.3 is 0 Å². The van der Waals surface area contributed by atoms with Crippen molar-refractivity contribution in [2.24, 2.45) is 0 Å². The van der Waals surface area contributed by atoms with Crippen LogP contribution in [0, 0.1) is 0 Å². The Labute approximate surface area is 158 Å². The fourth-order valence-corrected chi connectivity index (χ4v) is 3.85. The van der Waals surface area contributed by atoms with Crippen LogP contribution >= 0.6 is 0 Å². The van der Waals surface area contributed by atoms with Gasteiger partial charge in [-0.15, -0.1) is 0 Å². The molecule has 7 nitrogen and oxygen atoms in total. The standard InChI is InChI=1S/C20H25N5O2/c1-13-11-26-8-7-25(13)18-10-17(21-12-22-18)19-15-9-14(27-20(2)5-6-20)3-4-16(15)23-24-19/h3-4,10,12-14H,5-9,11H2,1-2H3,(H,23,24).